The number of nitrogens with zero attached hydrogens (tertiary/aromatic N) is 1. The van der Waals surface area contributed by atoms with E-state index in [-0.39, 0.29) is 6.61 Å². The lowest BCUT2D eigenvalue weighted by atomic mass is 10.1. The Bertz CT molecular complexity index is 300. The molecule has 0 radical (unpaired) electrons. The highest BCUT2D eigenvalue weighted by Crippen LogP contribution is 2.09. The molecule has 0 aromatic carbocycles. The van der Waals surface area contributed by atoms with E-state index in [9.17, 15) is 5.11 Å². The van der Waals surface area contributed by atoms with Crippen molar-refractivity contribution in [3.05, 3.63) is 24.0 Å². The van der Waals surface area contributed by atoms with Crippen molar-refractivity contribution in [2.75, 3.05) is 18.5 Å². The summed E-state index contributed by atoms with van der Waals surface area (Å²) >= 11 is 0. The van der Waals surface area contributed by atoms with Gasteiger partial charge < -0.3 is 15.5 Å². The van der Waals surface area contributed by atoms with Crippen molar-refractivity contribution in [1.29, 1.82) is 0 Å². The van der Waals surface area contributed by atoms with E-state index >= 15 is 0 Å². The Morgan fingerprint density at radius 2 is 2.29 bits per heavy atom. The number of nitrogens with one attached hydrogen (secondary N) is 1. The first-order chi connectivity index (χ1) is 6.53. The maximum absolute atomic E-state index is 9.53. The molecule has 0 aliphatic carbocycles. The van der Waals surface area contributed by atoms with Crippen molar-refractivity contribution >= 4 is 5.69 Å². The number of rotatable bonds is 4. The van der Waals surface area contributed by atoms with Crippen LogP contribution in [0.5, 0.6) is 0 Å². The minimum Gasteiger partial charge on any atom is -0.393 e. The second-order valence-corrected chi connectivity index (χ2v) is 3.69. The molecule has 78 valence electrons. The highest BCUT2D eigenvalue weighted by atomic mass is 16.3. The number of anilines is 1. The molecule has 1 atom stereocenters. The molecule has 0 bridgehead atoms. The smallest absolute Gasteiger partial charge is 0.102 e. The number of pyridine rings is 1. The van der Waals surface area contributed by atoms with E-state index in [1.807, 2.05) is 19.1 Å². The molecule has 0 spiro atoms. The van der Waals surface area contributed by atoms with Crippen LogP contribution >= 0.6 is 0 Å². The lowest BCUT2D eigenvalue weighted by Crippen LogP contribution is -2.37. The molecule has 14 heavy (non-hydrogen) atoms. The fourth-order valence-corrected chi connectivity index (χ4v) is 1.00. The second kappa shape index (κ2) is 4.39. The number of hydrogen-bond acceptors (Lipinski definition) is 4. The van der Waals surface area contributed by atoms with Crippen LogP contribution in [0.2, 0.25) is 0 Å². The van der Waals surface area contributed by atoms with Gasteiger partial charge in [-0.25, -0.2) is 0 Å². The van der Waals surface area contributed by atoms with E-state index in [4.69, 9.17) is 5.11 Å². The van der Waals surface area contributed by atoms with Gasteiger partial charge in [0.2, 0.25) is 0 Å². The normalized spacial score (nSPS) is 14.9. The molecule has 0 fully saturated rings. The Balaban J connectivity index is 2.54. The Morgan fingerprint density at radius 3 is 2.86 bits per heavy atom. The van der Waals surface area contributed by atoms with Gasteiger partial charge in [0, 0.05) is 24.1 Å². The summed E-state index contributed by atoms with van der Waals surface area (Å²) in [6.07, 6.45) is 1.70. The average molecular weight is 196 g/mol. The van der Waals surface area contributed by atoms with E-state index in [0.29, 0.717) is 6.54 Å². The van der Waals surface area contributed by atoms with Gasteiger partial charge in [0.15, 0.2) is 0 Å². The molecule has 0 saturated heterocycles. The summed E-state index contributed by atoms with van der Waals surface area (Å²) in [4.78, 5) is 4.05. The molecule has 0 aliphatic rings. The van der Waals surface area contributed by atoms with E-state index < -0.39 is 5.60 Å². The Hall–Kier alpha value is -1.13. The standard InChI is InChI=1S/C10H16N2O2/c1-8-5-9(3-4-11-8)12-6-10(2,14)7-13/h3-5,13-14H,6-7H2,1-2H3,(H,11,12). The molecule has 4 heteroatoms. The van der Waals surface area contributed by atoms with Crippen molar-refractivity contribution in [3.8, 4) is 0 Å². The zero-order valence-electron chi connectivity index (χ0n) is 8.49. The maximum Gasteiger partial charge on any atom is 0.102 e. The summed E-state index contributed by atoms with van der Waals surface area (Å²) in [6.45, 7) is 3.53. The molecule has 1 rings (SSSR count). The number of aliphatic hydroxyl groups is 2. The Kier molecular flexibility index (Phi) is 3.43. The maximum atomic E-state index is 9.53. The lowest BCUT2D eigenvalue weighted by molar-refractivity contribution is 0.0132. The third kappa shape index (κ3) is 3.32. The molecule has 1 heterocycles. The van der Waals surface area contributed by atoms with Crippen LogP contribution in [0.25, 0.3) is 0 Å². The average Bonchev–Trinajstić information content (AvgIpc) is 2.15. The molecule has 1 aromatic rings. The molecule has 3 N–H and O–H groups in total. The van der Waals surface area contributed by atoms with Gasteiger partial charge in [-0.05, 0) is 26.0 Å². The first-order valence-corrected chi connectivity index (χ1v) is 4.53. The van der Waals surface area contributed by atoms with Crippen LogP contribution < -0.4 is 5.32 Å². The van der Waals surface area contributed by atoms with Gasteiger partial charge in [-0.3, -0.25) is 4.98 Å². The minimum absolute atomic E-state index is 0.260. The van der Waals surface area contributed by atoms with E-state index in [0.717, 1.165) is 11.4 Å². The largest absolute Gasteiger partial charge is 0.393 e. The molecule has 4 nitrogen and oxygen atoms in total. The van der Waals surface area contributed by atoms with Crippen LogP contribution in [-0.4, -0.2) is 33.9 Å². The second-order valence-electron chi connectivity index (χ2n) is 3.69. The number of aliphatic hydroxyl groups excluding tert-OH is 1. The third-order valence-corrected chi connectivity index (χ3v) is 1.91. The predicted molar refractivity (Wildman–Crippen MR) is 55.2 cm³/mol. The highest BCUT2D eigenvalue weighted by molar-refractivity contribution is 5.43. The first kappa shape index (κ1) is 10.9. The number of aromatic nitrogens is 1. The zero-order valence-corrected chi connectivity index (χ0v) is 8.49. The topological polar surface area (TPSA) is 65.4 Å². The predicted octanol–water partition coefficient (Wildman–Crippen LogP) is 0.545. The zero-order chi connectivity index (χ0) is 10.6. The summed E-state index contributed by atoms with van der Waals surface area (Å²) in [5.74, 6) is 0. The lowest BCUT2D eigenvalue weighted by Gasteiger charge is -2.21. The van der Waals surface area contributed by atoms with Gasteiger partial charge in [-0.1, -0.05) is 0 Å². The quantitative estimate of drug-likeness (QED) is 0.658. The van der Waals surface area contributed by atoms with Gasteiger partial charge in [0.25, 0.3) is 0 Å². The van der Waals surface area contributed by atoms with Gasteiger partial charge in [0.1, 0.15) is 5.60 Å². The van der Waals surface area contributed by atoms with Crippen LogP contribution in [0.4, 0.5) is 5.69 Å². The van der Waals surface area contributed by atoms with Crippen molar-refractivity contribution in [1.82, 2.24) is 4.98 Å². The highest BCUT2D eigenvalue weighted by Gasteiger charge is 2.18. The summed E-state index contributed by atoms with van der Waals surface area (Å²) in [5.41, 5.74) is 0.724. The summed E-state index contributed by atoms with van der Waals surface area (Å²) in [7, 11) is 0. The first-order valence-electron chi connectivity index (χ1n) is 4.53. The molecular formula is C10H16N2O2. The van der Waals surface area contributed by atoms with Gasteiger partial charge in [0.05, 0.1) is 6.61 Å². The number of aryl methyl sites for hydroxylation is 1. The van der Waals surface area contributed by atoms with Gasteiger partial charge in [-0.2, -0.15) is 0 Å². The fraction of sp³-hybridized carbons (Fsp3) is 0.500. The van der Waals surface area contributed by atoms with Crippen LogP contribution in [0.1, 0.15) is 12.6 Å². The number of hydrogen-bond donors (Lipinski definition) is 3. The summed E-state index contributed by atoms with van der Waals surface area (Å²) in [6, 6.07) is 3.70. The molecule has 0 amide bonds. The SMILES string of the molecule is Cc1cc(NCC(C)(O)CO)ccn1. The Labute approximate surface area is 83.6 Å². The molecular weight excluding hydrogens is 180 g/mol. The molecule has 0 aliphatic heterocycles. The third-order valence-electron chi connectivity index (χ3n) is 1.91. The van der Waals surface area contributed by atoms with Crippen LogP contribution in [-0.2, 0) is 0 Å². The van der Waals surface area contributed by atoms with Crippen molar-refractivity contribution in [2.45, 2.75) is 19.4 Å². The van der Waals surface area contributed by atoms with E-state index in [2.05, 4.69) is 10.3 Å². The molecule has 1 unspecified atom stereocenters. The van der Waals surface area contributed by atoms with Crippen molar-refractivity contribution in [2.24, 2.45) is 0 Å². The van der Waals surface area contributed by atoms with Crippen molar-refractivity contribution < 1.29 is 10.2 Å². The van der Waals surface area contributed by atoms with E-state index in [1.54, 1.807) is 13.1 Å². The monoisotopic (exact) mass is 196 g/mol. The van der Waals surface area contributed by atoms with Gasteiger partial charge in [-0.15, -0.1) is 0 Å². The Morgan fingerprint density at radius 1 is 1.57 bits per heavy atom. The van der Waals surface area contributed by atoms with Gasteiger partial charge >= 0.3 is 0 Å². The summed E-state index contributed by atoms with van der Waals surface area (Å²) in [5, 5.41) is 21.4. The van der Waals surface area contributed by atoms with Crippen molar-refractivity contribution in [3.63, 3.8) is 0 Å². The molecule has 0 saturated carbocycles. The summed E-state index contributed by atoms with van der Waals surface area (Å²) < 4.78 is 0. The fourth-order valence-electron chi connectivity index (χ4n) is 1.00. The van der Waals surface area contributed by atoms with E-state index in [1.165, 1.54) is 0 Å². The van der Waals surface area contributed by atoms with Crippen LogP contribution in [0, 0.1) is 6.92 Å². The minimum atomic E-state index is -1.09. The van der Waals surface area contributed by atoms with Crippen LogP contribution in [0.15, 0.2) is 18.3 Å². The van der Waals surface area contributed by atoms with Crippen LogP contribution in [0.3, 0.4) is 0 Å². The molecule has 1 aromatic heterocycles.